The van der Waals surface area contributed by atoms with Crippen LogP contribution in [0.2, 0.25) is 0 Å². The van der Waals surface area contributed by atoms with Crippen molar-refractivity contribution in [3.63, 3.8) is 0 Å². The summed E-state index contributed by atoms with van der Waals surface area (Å²) in [5.74, 6) is -0.519. The molecular formula is C24H40INO3. The number of carbonyl (C=O) groups excluding carboxylic acids is 1. The van der Waals surface area contributed by atoms with E-state index in [9.17, 15) is 14.7 Å². The van der Waals surface area contributed by atoms with E-state index in [2.05, 4.69) is 47.8 Å². The van der Waals surface area contributed by atoms with Gasteiger partial charge in [-0.2, -0.15) is 0 Å². The zero-order valence-corrected chi connectivity index (χ0v) is 21.3. The Balaban J connectivity index is 1.97. The monoisotopic (exact) mass is 517 g/mol. The lowest BCUT2D eigenvalue weighted by Gasteiger charge is -2.47. The lowest BCUT2D eigenvalue weighted by molar-refractivity contribution is -0.144. The lowest BCUT2D eigenvalue weighted by atomic mass is 9.60. The Labute approximate surface area is 190 Å². The Morgan fingerprint density at radius 3 is 2.59 bits per heavy atom. The summed E-state index contributed by atoms with van der Waals surface area (Å²) in [4.78, 5) is 24.2. The van der Waals surface area contributed by atoms with Gasteiger partial charge in [0, 0.05) is 8.84 Å². The molecule has 1 saturated carbocycles. The minimum absolute atomic E-state index is 0.132. The first-order valence-electron chi connectivity index (χ1n) is 11.2. The van der Waals surface area contributed by atoms with E-state index in [0.29, 0.717) is 3.42 Å². The number of amides is 1. The highest BCUT2D eigenvalue weighted by atomic mass is 127. The Morgan fingerprint density at radius 1 is 1.34 bits per heavy atom. The van der Waals surface area contributed by atoms with E-state index in [4.69, 9.17) is 0 Å². The molecule has 0 radical (unpaired) electrons. The maximum Gasteiger partial charge on any atom is 0.326 e. The van der Waals surface area contributed by atoms with Crippen LogP contribution >= 0.6 is 22.6 Å². The molecule has 1 amide bonds. The Kier molecular flexibility index (Phi) is 7.89. The molecule has 2 N–H and O–H groups in total. The number of rotatable bonds is 8. The van der Waals surface area contributed by atoms with Gasteiger partial charge in [-0.1, -0.05) is 88.6 Å². The number of nitrogens with one attached hydrogen (secondary N) is 1. The molecule has 0 aromatic rings. The minimum atomic E-state index is -0.962. The van der Waals surface area contributed by atoms with Gasteiger partial charge in [0.2, 0.25) is 5.91 Å². The van der Waals surface area contributed by atoms with Crippen molar-refractivity contribution in [2.75, 3.05) is 0 Å². The van der Waals surface area contributed by atoms with Crippen molar-refractivity contribution in [1.82, 2.24) is 5.32 Å². The van der Waals surface area contributed by atoms with Crippen LogP contribution in [-0.2, 0) is 9.59 Å². The summed E-state index contributed by atoms with van der Waals surface area (Å²) in [6, 6.07) is -0.826. The normalized spacial score (nSPS) is 31.0. The van der Waals surface area contributed by atoms with Crippen LogP contribution in [0.5, 0.6) is 0 Å². The topological polar surface area (TPSA) is 66.4 Å². The molecule has 0 spiro atoms. The second kappa shape index (κ2) is 9.27. The summed E-state index contributed by atoms with van der Waals surface area (Å²) in [6.07, 6.45) is 11.7. The summed E-state index contributed by atoms with van der Waals surface area (Å²) in [5.41, 5.74) is 1.37. The number of alkyl halides is 1. The van der Waals surface area contributed by atoms with E-state index in [-0.39, 0.29) is 17.2 Å². The SMILES string of the molecule is CC(C)[C@H](NC(=O)C(C)(C)CCC[C@]1(C)CCCC2C[C@@](C)(I)CC=C21)C(=O)O. The fourth-order valence-electron chi connectivity index (χ4n) is 5.23. The highest BCUT2D eigenvalue weighted by molar-refractivity contribution is 14.1. The number of carboxylic acids is 1. The summed E-state index contributed by atoms with van der Waals surface area (Å²) >= 11 is 2.63. The van der Waals surface area contributed by atoms with Crippen molar-refractivity contribution >= 4 is 34.5 Å². The lowest BCUT2D eigenvalue weighted by Crippen LogP contribution is -2.49. The van der Waals surface area contributed by atoms with Gasteiger partial charge in [-0.15, -0.1) is 0 Å². The maximum absolute atomic E-state index is 12.8. The summed E-state index contributed by atoms with van der Waals surface area (Å²) < 4.78 is 0.390. The molecule has 166 valence electrons. The highest BCUT2D eigenvalue weighted by Crippen LogP contribution is 2.53. The van der Waals surface area contributed by atoms with Gasteiger partial charge in [0.1, 0.15) is 6.04 Å². The molecule has 29 heavy (non-hydrogen) atoms. The number of hydrogen-bond donors (Lipinski definition) is 2. The second-order valence-corrected chi connectivity index (χ2v) is 13.5. The molecule has 0 aromatic heterocycles. The quantitative estimate of drug-likeness (QED) is 0.231. The van der Waals surface area contributed by atoms with Gasteiger partial charge in [0.15, 0.2) is 0 Å². The van der Waals surface area contributed by atoms with Crippen molar-refractivity contribution in [2.45, 2.75) is 102 Å². The molecule has 0 aliphatic heterocycles. The average Bonchev–Trinajstić information content (AvgIpc) is 2.57. The van der Waals surface area contributed by atoms with Crippen molar-refractivity contribution in [3.8, 4) is 0 Å². The zero-order valence-electron chi connectivity index (χ0n) is 19.1. The van der Waals surface area contributed by atoms with E-state index in [1.165, 1.54) is 25.7 Å². The first-order valence-corrected chi connectivity index (χ1v) is 12.3. The third-order valence-corrected chi connectivity index (χ3v) is 8.08. The van der Waals surface area contributed by atoms with E-state index < -0.39 is 17.4 Å². The Morgan fingerprint density at radius 2 is 2.00 bits per heavy atom. The Bertz CT molecular complexity index is 653. The predicted octanol–water partition coefficient (Wildman–Crippen LogP) is 6.13. The first-order chi connectivity index (χ1) is 13.3. The number of carbonyl (C=O) groups is 2. The van der Waals surface area contributed by atoms with E-state index in [1.807, 2.05) is 27.7 Å². The highest BCUT2D eigenvalue weighted by Gasteiger charge is 2.42. The molecule has 0 aromatic carbocycles. The van der Waals surface area contributed by atoms with Crippen LogP contribution in [0.25, 0.3) is 0 Å². The fourth-order valence-corrected chi connectivity index (χ4v) is 5.98. The maximum atomic E-state index is 12.8. The largest absolute Gasteiger partial charge is 0.480 e. The van der Waals surface area contributed by atoms with Gasteiger partial charge in [-0.05, 0) is 55.8 Å². The van der Waals surface area contributed by atoms with Crippen LogP contribution in [-0.4, -0.2) is 26.4 Å². The molecule has 2 rings (SSSR count). The fraction of sp³-hybridized carbons (Fsp3) is 0.833. The van der Waals surface area contributed by atoms with Crippen LogP contribution in [0.3, 0.4) is 0 Å². The molecule has 0 saturated heterocycles. The number of aliphatic carboxylic acids is 1. The minimum Gasteiger partial charge on any atom is -0.480 e. The average molecular weight is 517 g/mol. The van der Waals surface area contributed by atoms with Gasteiger partial charge in [-0.3, -0.25) is 4.79 Å². The number of fused-ring (bicyclic) bond motifs is 1. The molecule has 4 nitrogen and oxygen atoms in total. The number of allylic oxidation sites excluding steroid dienone is 2. The van der Waals surface area contributed by atoms with Gasteiger partial charge in [0.05, 0.1) is 0 Å². The third-order valence-electron chi connectivity index (χ3n) is 7.20. The molecule has 0 bridgehead atoms. The van der Waals surface area contributed by atoms with E-state index >= 15 is 0 Å². The van der Waals surface area contributed by atoms with Gasteiger partial charge in [0.25, 0.3) is 0 Å². The van der Waals surface area contributed by atoms with Crippen LogP contribution in [0, 0.1) is 22.7 Å². The number of carboxylic acid groups (broad SMARTS) is 1. The molecule has 1 unspecified atom stereocenters. The molecule has 1 fully saturated rings. The second-order valence-electron chi connectivity index (χ2n) is 10.9. The number of halogens is 1. The van der Waals surface area contributed by atoms with E-state index in [1.54, 1.807) is 5.57 Å². The van der Waals surface area contributed by atoms with Crippen molar-refractivity contribution in [3.05, 3.63) is 11.6 Å². The molecule has 4 atom stereocenters. The van der Waals surface area contributed by atoms with Gasteiger partial charge in [-0.25, -0.2) is 4.79 Å². The summed E-state index contributed by atoms with van der Waals surface area (Å²) in [6.45, 7) is 12.3. The number of hydrogen-bond acceptors (Lipinski definition) is 2. The van der Waals surface area contributed by atoms with Crippen LogP contribution in [0.4, 0.5) is 0 Å². The summed E-state index contributed by atoms with van der Waals surface area (Å²) in [5, 5.41) is 12.1. The van der Waals surface area contributed by atoms with Gasteiger partial charge >= 0.3 is 5.97 Å². The zero-order chi connectivity index (χ0) is 22.0. The molecule has 0 heterocycles. The standard InChI is InChI=1S/C24H40INO3/c1-16(2)19(20(27)28)26-21(29)22(3,4)11-8-13-23(5)12-7-9-17-15-24(6,25)14-10-18(17)23/h10,16-17,19H,7-9,11-15H2,1-6H3,(H,26,29)(H,27,28)/t17?,19-,23-,24-/m0/s1. The van der Waals surface area contributed by atoms with Crippen molar-refractivity contribution < 1.29 is 14.7 Å². The van der Waals surface area contributed by atoms with Crippen molar-refractivity contribution in [2.24, 2.45) is 22.7 Å². The van der Waals surface area contributed by atoms with Crippen LogP contribution in [0.1, 0.15) is 92.9 Å². The Hall–Kier alpha value is -0.590. The molecule has 2 aliphatic carbocycles. The first kappa shape index (κ1) is 24.7. The van der Waals surface area contributed by atoms with Crippen LogP contribution < -0.4 is 5.32 Å². The van der Waals surface area contributed by atoms with Crippen LogP contribution in [0.15, 0.2) is 11.6 Å². The predicted molar refractivity (Wildman–Crippen MR) is 127 cm³/mol. The van der Waals surface area contributed by atoms with Crippen molar-refractivity contribution in [1.29, 1.82) is 0 Å². The smallest absolute Gasteiger partial charge is 0.326 e. The third kappa shape index (κ3) is 6.20. The van der Waals surface area contributed by atoms with E-state index in [0.717, 1.165) is 31.6 Å². The molecule has 5 heteroatoms. The summed E-state index contributed by atoms with van der Waals surface area (Å²) in [7, 11) is 0. The molecule has 2 aliphatic rings. The van der Waals surface area contributed by atoms with Gasteiger partial charge < -0.3 is 10.4 Å². The molecular weight excluding hydrogens is 477 g/mol.